The maximum Gasteiger partial charge on any atom is 0.416 e. The van der Waals surface area contributed by atoms with Crippen molar-refractivity contribution in [3.8, 4) is 0 Å². The Kier molecular flexibility index (Phi) is 5.94. The molecule has 1 aliphatic rings. The zero-order chi connectivity index (χ0) is 24.0. The van der Waals surface area contributed by atoms with E-state index in [1.165, 1.54) is 12.3 Å². The second-order valence-corrected chi connectivity index (χ2v) is 8.33. The van der Waals surface area contributed by atoms with Crippen LogP contribution in [0, 0.1) is 0 Å². The lowest BCUT2D eigenvalue weighted by Crippen LogP contribution is -2.39. The smallest absolute Gasteiger partial charge is 0.399 e. The molecule has 2 aromatic heterocycles. The second-order valence-electron chi connectivity index (χ2n) is 8.00. The van der Waals surface area contributed by atoms with Crippen molar-refractivity contribution in [3.05, 3.63) is 46.9 Å². The maximum absolute atomic E-state index is 13.5. The number of nitrogens with one attached hydrogen (secondary N) is 1. The first kappa shape index (κ1) is 23.2. The number of hydrogen-bond donors (Lipinski definition) is 2. The number of fused-ring (bicyclic) bond motifs is 1. The number of nitrogens with two attached hydrogens (primary N) is 1. The molecule has 0 amide bonds. The van der Waals surface area contributed by atoms with Crippen molar-refractivity contribution >= 4 is 39.8 Å². The van der Waals surface area contributed by atoms with Gasteiger partial charge >= 0.3 is 6.18 Å². The Morgan fingerprint density at radius 3 is 2.48 bits per heavy atom. The minimum absolute atomic E-state index is 0.0209. The number of anilines is 3. The van der Waals surface area contributed by atoms with E-state index in [2.05, 4.69) is 20.3 Å². The van der Waals surface area contributed by atoms with Crippen LogP contribution in [0.5, 0.6) is 0 Å². The number of aromatic nitrogens is 3. The molecule has 0 spiro atoms. The molecule has 0 aliphatic carbocycles. The third kappa shape index (κ3) is 5.18. The summed E-state index contributed by atoms with van der Waals surface area (Å²) in [4.78, 5) is 14.4. The Morgan fingerprint density at radius 2 is 1.82 bits per heavy atom. The van der Waals surface area contributed by atoms with Crippen LogP contribution in [0.1, 0.15) is 36.9 Å². The lowest BCUT2D eigenvalue weighted by atomic mass is 10.0. The lowest BCUT2D eigenvalue weighted by Gasteiger charge is -2.32. The molecule has 0 radical (unpaired) electrons. The van der Waals surface area contributed by atoms with E-state index in [0.717, 1.165) is 12.1 Å². The van der Waals surface area contributed by atoms with Crippen LogP contribution in [0.3, 0.4) is 0 Å². The minimum Gasteiger partial charge on any atom is -0.399 e. The van der Waals surface area contributed by atoms with Gasteiger partial charge in [-0.25, -0.2) is 23.7 Å². The van der Waals surface area contributed by atoms with Gasteiger partial charge in [0.1, 0.15) is 11.6 Å². The molecule has 1 aliphatic heterocycles. The summed E-state index contributed by atoms with van der Waals surface area (Å²) in [7, 11) is 0. The molecule has 3 aromatic rings. The van der Waals surface area contributed by atoms with Gasteiger partial charge in [0.25, 0.3) is 5.92 Å². The van der Waals surface area contributed by atoms with Gasteiger partial charge in [0.2, 0.25) is 5.28 Å². The summed E-state index contributed by atoms with van der Waals surface area (Å²) in [6.45, 7) is 1.94. The fraction of sp³-hybridized carbons (Fsp3) is 0.381. The lowest BCUT2D eigenvalue weighted by molar-refractivity contribution is -0.137. The van der Waals surface area contributed by atoms with E-state index in [1.807, 2.05) is 0 Å². The highest BCUT2D eigenvalue weighted by molar-refractivity contribution is 6.28. The summed E-state index contributed by atoms with van der Waals surface area (Å²) in [6.07, 6.45) is -3.63. The van der Waals surface area contributed by atoms with E-state index < -0.39 is 23.7 Å². The van der Waals surface area contributed by atoms with Gasteiger partial charge in [-0.3, -0.25) is 0 Å². The fourth-order valence-electron chi connectivity index (χ4n) is 3.72. The normalized spacial score (nSPS) is 17.2. The summed E-state index contributed by atoms with van der Waals surface area (Å²) < 4.78 is 66.6. The molecule has 0 bridgehead atoms. The number of nitrogen functional groups attached to an aromatic ring is 1. The summed E-state index contributed by atoms with van der Waals surface area (Å²) >= 11 is 6.03. The zero-order valence-corrected chi connectivity index (χ0v) is 18.2. The molecular formula is C21H20ClF5N6. The number of piperidine rings is 1. The first-order valence-electron chi connectivity index (χ1n) is 10.1. The molecule has 3 N–H and O–H groups in total. The van der Waals surface area contributed by atoms with E-state index in [9.17, 15) is 22.0 Å². The van der Waals surface area contributed by atoms with Gasteiger partial charge in [0, 0.05) is 37.0 Å². The van der Waals surface area contributed by atoms with Gasteiger partial charge in [-0.15, -0.1) is 0 Å². The Labute approximate surface area is 191 Å². The van der Waals surface area contributed by atoms with Crippen molar-refractivity contribution in [3.63, 3.8) is 0 Å². The number of halogens is 6. The van der Waals surface area contributed by atoms with Crippen LogP contribution in [0.25, 0.3) is 10.9 Å². The Balaban J connectivity index is 1.67. The van der Waals surface area contributed by atoms with E-state index >= 15 is 0 Å². The van der Waals surface area contributed by atoms with E-state index in [-0.39, 0.29) is 42.7 Å². The number of rotatable bonds is 4. The third-order valence-corrected chi connectivity index (χ3v) is 5.69. The Morgan fingerprint density at radius 1 is 1.12 bits per heavy atom. The van der Waals surface area contributed by atoms with E-state index in [1.54, 1.807) is 17.9 Å². The molecule has 1 unspecified atom stereocenters. The number of nitrogens with zero attached hydrogens (tertiary/aromatic N) is 4. The topological polar surface area (TPSA) is 80.0 Å². The van der Waals surface area contributed by atoms with Gasteiger partial charge in [-0.1, -0.05) is 0 Å². The molecule has 12 heteroatoms. The quantitative estimate of drug-likeness (QED) is 0.280. The zero-order valence-electron chi connectivity index (χ0n) is 17.4. The monoisotopic (exact) mass is 486 g/mol. The van der Waals surface area contributed by atoms with Gasteiger partial charge < -0.3 is 16.0 Å². The predicted molar refractivity (Wildman–Crippen MR) is 117 cm³/mol. The highest BCUT2D eigenvalue weighted by Crippen LogP contribution is 2.35. The van der Waals surface area contributed by atoms with Crippen LogP contribution in [0.4, 0.5) is 39.3 Å². The summed E-state index contributed by atoms with van der Waals surface area (Å²) in [5, 5.41) is 3.50. The molecule has 0 saturated carbocycles. The first-order valence-corrected chi connectivity index (χ1v) is 10.5. The molecule has 4 rings (SSSR count). The third-order valence-electron chi connectivity index (χ3n) is 5.52. The van der Waals surface area contributed by atoms with Crippen LogP contribution >= 0.6 is 11.6 Å². The number of benzene rings is 1. The summed E-state index contributed by atoms with van der Waals surface area (Å²) in [5.74, 6) is -1.94. The largest absolute Gasteiger partial charge is 0.416 e. The standard InChI is InChI=1S/C21H20ClF5N6/c1-11(12-6-13(21(25,26)27)8-14(28)7-12)30-18-15-9-17(29-10-16(15)31-19(22)32-18)33-4-2-20(23,24)3-5-33/h6-11H,2-5,28H2,1H3,(H,30,31,32). The molecule has 1 aromatic carbocycles. The molecule has 3 heterocycles. The van der Waals surface area contributed by atoms with Crippen LogP contribution in [0.2, 0.25) is 5.28 Å². The number of alkyl halides is 5. The Bertz CT molecular complexity index is 1180. The highest BCUT2D eigenvalue weighted by Gasteiger charge is 2.34. The van der Waals surface area contributed by atoms with Crippen LogP contribution in [-0.2, 0) is 6.18 Å². The fourth-order valence-corrected chi connectivity index (χ4v) is 3.89. The molecule has 1 atom stereocenters. The van der Waals surface area contributed by atoms with Gasteiger partial charge in [-0.2, -0.15) is 13.2 Å². The number of hydrogen-bond acceptors (Lipinski definition) is 6. The molecule has 1 fully saturated rings. The summed E-state index contributed by atoms with van der Waals surface area (Å²) in [6, 6.07) is 4.37. The maximum atomic E-state index is 13.5. The molecule has 33 heavy (non-hydrogen) atoms. The average Bonchev–Trinajstić information content (AvgIpc) is 2.72. The molecular weight excluding hydrogens is 467 g/mol. The van der Waals surface area contributed by atoms with Crippen molar-refractivity contribution in [2.24, 2.45) is 0 Å². The Hall–Kier alpha value is -2.95. The van der Waals surface area contributed by atoms with Crippen LogP contribution < -0.4 is 16.0 Å². The summed E-state index contributed by atoms with van der Waals surface area (Å²) in [5.41, 5.74) is 5.51. The average molecular weight is 487 g/mol. The minimum atomic E-state index is -4.54. The van der Waals surface area contributed by atoms with Gasteiger partial charge in [0.05, 0.1) is 23.3 Å². The molecule has 1 saturated heterocycles. The number of pyridine rings is 1. The van der Waals surface area contributed by atoms with Crippen LogP contribution in [0.15, 0.2) is 30.5 Å². The predicted octanol–water partition coefficient (Wildman–Crippen LogP) is 5.69. The molecule has 6 nitrogen and oxygen atoms in total. The van der Waals surface area contributed by atoms with Crippen molar-refractivity contribution in [2.45, 2.75) is 37.9 Å². The van der Waals surface area contributed by atoms with E-state index in [0.29, 0.717) is 22.3 Å². The van der Waals surface area contributed by atoms with Crippen molar-refractivity contribution in [2.75, 3.05) is 29.0 Å². The molecule has 176 valence electrons. The van der Waals surface area contributed by atoms with Gasteiger partial charge in [0.15, 0.2) is 0 Å². The van der Waals surface area contributed by atoms with Crippen molar-refractivity contribution in [1.29, 1.82) is 0 Å². The van der Waals surface area contributed by atoms with Crippen LogP contribution in [-0.4, -0.2) is 34.0 Å². The first-order chi connectivity index (χ1) is 15.4. The SMILES string of the molecule is CC(Nc1nc(Cl)nc2cnc(N3CCC(F)(F)CC3)cc12)c1cc(N)cc(C(F)(F)F)c1. The second kappa shape index (κ2) is 8.44. The highest BCUT2D eigenvalue weighted by atomic mass is 35.5. The van der Waals surface area contributed by atoms with Gasteiger partial charge in [-0.05, 0) is 48.4 Å². The van der Waals surface area contributed by atoms with Crippen molar-refractivity contribution in [1.82, 2.24) is 15.0 Å². The van der Waals surface area contributed by atoms with E-state index in [4.69, 9.17) is 17.3 Å². The van der Waals surface area contributed by atoms with Crippen molar-refractivity contribution < 1.29 is 22.0 Å².